The molecule has 1 aliphatic carbocycles. The van der Waals surface area contributed by atoms with E-state index in [0.717, 1.165) is 18.8 Å². The molecule has 2 heteroatoms. The summed E-state index contributed by atoms with van der Waals surface area (Å²) >= 11 is 0. The highest BCUT2D eigenvalue weighted by atomic mass is 16.1. The molecule has 2 unspecified atom stereocenters. The van der Waals surface area contributed by atoms with E-state index in [1.165, 1.54) is 0 Å². The molecule has 1 saturated carbocycles. The fourth-order valence-electron chi connectivity index (χ4n) is 2.29. The second-order valence-corrected chi connectivity index (χ2v) is 4.87. The third-order valence-corrected chi connectivity index (χ3v) is 3.33. The Hall–Kier alpha value is -0.530. The molecular weight excluding hydrogens is 150 g/mol. The van der Waals surface area contributed by atoms with Gasteiger partial charge in [0.2, 0.25) is 5.91 Å². The van der Waals surface area contributed by atoms with Gasteiger partial charge in [-0.05, 0) is 30.1 Å². The van der Waals surface area contributed by atoms with Crippen molar-refractivity contribution in [1.29, 1.82) is 0 Å². The summed E-state index contributed by atoms with van der Waals surface area (Å²) in [5, 5.41) is 0. The van der Waals surface area contributed by atoms with Crippen LogP contribution in [0.3, 0.4) is 0 Å². The van der Waals surface area contributed by atoms with Crippen molar-refractivity contribution in [3.63, 3.8) is 0 Å². The van der Waals surface area contributed by atoms with E-state index in [1.54, 1.807) is 0 Å². The molecule has 1 amide bonds. The first kappa shape index (κ1) is 9.56. The molecule has 0 aromatic heterocycles. The van der Waals surface area contributed by atoms with Crippen LogP contribution in [0.2, 0.25) is 0 Å². The first-order valence-electron chi connectivity index (χ1n) is 4.70. The van der Waals surface area contributed by atoms with Crippen LogP contribution in [0.25, 0.3) is 0 Å². The van der Waals surface area contributed by atoms with Crippen LogP contribution in [0.4, 0.5) is 0 Å². The molecule has 70 valence electrons. The summed E-state index contributed by atoms with van der Waals surface area (Å²) in [5.74, 6) is 1.11. The quantitative estimate of drug-likeness (QED) is 0.674. The molecule has 0 saturated heterocycles. The van der Waals surface area contributed by atoms with Gasteiger partial charge in [-0.2, -0.15) is 0 Å². The molecule has 2 atom stereocenters. The number of hydrogen-bond acceptors (Lipinski definition) is 1. The number of carbonyl (C=O) groups is 1. The Kier molecular flexibility index (Phi) is 2.45. The number of hydrogen-bond donors (Lipinski definition) is 1. The van der Waals surface area contributed by atoms with E-state index in [0.29, 0.717) is 17.8 Å². The van der Waals surface area contributed by atoms with E-state index in [4.69, 9.17) is 5.73 Å². The van der Waals surface area contributed by atoms with Crippen molar-refractivity contribution >= 4 is 5.91 Å². The average molecular weight is 169 g/mol. The maximum Gasteiger partial charge on any atom is 0.217 e. The van der Waals surface area contributed by atoms with Gasteiger partial charge in [0, 0.05) is 6.42 Å². The summed E-state index contributed by atoms with van der Waals surface area (Å²) in [5.41, 5.74) is 5.57. The smallest absolute Gasteiger partial charge is 0.217 e. The topological polar surface area (TPSA) is 43.1 Å². The van der Waals surface area contributed by atoms with Crippen LogP contribution in [-0.4, -0.2) is 5.91 Å². The van der Waals surface area contributed by atoms with Gasteiger partial charge in [-0.15, -0.1) is 0 Å². The molecule has 0 radical (unpaired) electrons. The minimum atomic E-state index is -0.148. The molecule has 1 fully saturated rings. The lowest BCUT2D eigenvalue weighted by Crippen LogP contribution is -2.16. The lowest BCUT2D eigenvalue weighted by atomic mass is 9.83. The molecule has 0 aromatic rings. The highest BCUT2D eigenvalue weighted by Crippen LogP contribution is 2.46. The molecule has 12 heavy (non-hydrogen) atoms. The fourth-order valence-corrected chi connectivity index (χ4v) is 2.29. The Morgan fingerprint density at radius 1 is 1.58 bits per heavy atom. The van der Waals surface area contributed by atoms with E-state index in [9.17, 15) is 4.79 Å². The van der Waals surface area contributed by atoms with Crippen molar-refractivity contribution in [3.05, 3.63) is 0 Å². The minimum absolute atomic E-state index is 0.148. The maximum atomic E-state index is 10.7. The van der Waals surface area contributed by atoms with Crippen molar-refractivity contribution in [1.82, 2.24) is 0 Å². The van der Waals surface area contributed by atoms with Crippen molar-refractivity contribution < 1.29 is 4.79 Å². The third-order valence-electron chi connectivity index (χ3n) is 3.33. The Labute approximate surface area is 74.5 Å². The van der Waals surface area contributed by atoms with Gasteiger partial charge in [0.25, 0.3) is 0 Å². The van der Waals surface area contributed by atoms with Crippen LogP contribution in [0.1, 0.15) is 40.0 Å². The number of rotatable bonds is 2. The third kappa shape index (κ3) is 1.99. The summed E-state index contributed by atoms with van der Waals surface area (Å²) in [6, 6.07) is 0. The molecule has 0 bridgehead atoms. The zero-order chi connectivity index (χ0) is 9.35. The monoisotopic (exact) mass is 169 g/mol. The molecule has 0 aliphatic heterocycles. The maximum absolute atomic E-state index is 10.7. The standard InChI is InChI=1S/C10H19NO/c1-7-4-8(5-9(11)12)6-10(7,2)3/h7-8H,4-6H2,1-3H3,(H2,11,12). The summed E-state index contributed by atoms with van der Waals surface area (Å²) < 4.78 is 0. The van der Waals surface area contributed by atoms with Crippen LogP contribution in [-0.2, 0) is 4.79 Å². The van der Waals surface area contributed by atoms with E-state index < -0.39 is 0 Å². The van der Waals surface area contributed by atoms with Gasteiger partial charge in [0.05, 0.1) is 0 Å². The highest BCUT2D eigenvalue weighted by molar-refractivity contribution is 5.74. The summed E-state index contributed by atoms with van der Waals surface area (Å²) in [6.07, 6.45) is 2.89. The highest BCUT2D eigenvalue weighted by Gasteiger charge is 2.37. The van der Waals surface area contributed by atoms with Crippen LogP contribution >= 0.6 is 0 Å². The molecule has 0 aromatic carbocycles. The molecule has 1 aliphatic rings. The van der Waals surface area contributed by atoms with Crippen molar-refractivity contribution in [2.24, 2.45) is 23.0 Å². The first-order valence-corrected chi connectivity index (χ1v) is 4.70. The van der Waals surface area contributed by atoms with Gasteiger partial charge in [-0.25, -0.2) is 0 Å². The Balaban J connectivity index is 2.49. The number of primary amides is 1. The van der Waals surface area contributed by atoms with Crippen molar-refractivity contribution in [2.75, 3.05) is 0 Å². The number of carbonyl (C=O) groups excluding carboxylic acids is 1. The molecule has 2 nitrogen and oxygen atoms in total. The largest absolute Gasteiger partial charge is 0.370 e. The SMILES string of the molecule is CC1CC(CC(N)=O)CC1(C)C. The van der Waals surface area contributed by atoms with E-state index >= 15 is 0 Å². The summed E-state index contributed by atoms with van der Waals surface area (Å²) in [6.45, 7) is 6.82. The predicted molar refractivity (Wildman–Crippen MR) is 49.5 cm³/mol. The van der Waals surface area contributed by atoms with Crippen molar-refractivity contribution in [3.8, 4) is 0 Å². The fraction of sp³-hybridized carbons (Fsp3) is 0.900. The lowest BCUT2D eigenvalue weighted by molar-refractivity contribution is -0.118. The molecule has 2 N–H and O–H groups in total. The second-order valence-electron chi connectivity index (χ2n) is 4.87. The zero-order valence-corrected chi connectivity index (χ0v) is 8.26. The van der Waals surface area contributed by atoms with Gasteiger partial charge < -0.3 is 5.73 Å². The normalized spacial score (nSPS) is 33.6. The summed E-state index contributed by atoms with van der Waals surface area (Å²) in [4.78, 5) is 10.7. The van der Waals surface area contributed by atoms with Crippen LogP contribution in [0, 0.1) is 17.3 Å². The van der Waals surface area contributed by atoms with Crippen molar-refractivity contribution in [2.45, 2.75) is 40.0 Å². The Morgan fingerprint density at radius 3 is 2.50 bits per heavy atom. The molecule has 0 spiro atoms. The number of amides is 1. The lowest BCUT2D eigenvalue weighted by Gasteiger charge is -2.22. The zero-order valence-electron chi connectivity index (χ0n) is 8.26. The van der Waals surface area contributed by atoms with Gasteiger partial charge in [-0.3, -0.25) is 4.79 Å². The minimum Gasteiger partial charge on any atom is -0.370 e. The van der Waals surface area contributed by atoms with Gasteiger partial charge in [-0.1, -0.05) is 20.8 Å². The molecular formula is C10H19NO. The van der Waals surface area contributed by atoms with E-state index in [-0.39, 0.29) is 5.91 Å². The van der Waals surface area contributed by atoms with Crippen LogP contribution in [0.15, 0.2) is 0 Å². The van der Waals surface area contributed by atoms with Gasteiger partial charge in [0.1, 0.15) is 0 Å². The Morgan fingerprint density at radius 2 is 2.17 bits per heavy atom. The number of nitrogens with two attached hydrogens (primary N) is 1. The Bertz CT molecular complexity index is 186. The predicted octanol–water partition coefficient (Wildman–Crippen LogP) is 1.93. The average Bonchev–Trinajstić information content (AvgIpc) is 2.04. The van der Waals surface area contributed by atoms with E-state index in [1.807, 2.05) is 0 Å². The van der Waals surface area contributed by atoms with Crippen LogP contribution in [0.5, 0.6) is 0 Å². The second kappa shape index (κ2) is 3.08. The van der Waals surface area contributed by atoms with E-state index in [2.05, 4.69) is 20.8 Å². The van der Waals surface area contributed by atoms with Gasteiger partial charge >= 0.3 is 0 Å². The molecule has 1 rings (SSSR count). The first-order chi connectivity index (χ1) is 5.42. The molecule has 0 heterocycles. The van der Waals surface area contributed by atoms with Crippen LogP contribution < -0.4 is 5.73 Å². The summed E-state index contributed by atoms with van der Waals surface area (Å²) in [7, 11) is 0. The van der Waals surface area contributed by atoms with Gasteiger partial charge in [0.15, 0.2) is 0 Å².